The minimum Gasteiger partial charge on any atom is -0.469 e. The first-order valence-electron chi connectivity index (χ1n) is 4.72. The predicted molar refractivity (Wildman–Crippen MR) is 56.1 cm³/mol. The molecule has 2 unspecified atom stereocenters. The number of methoxy groups -OCH3 is 1. The van der Waals surface area contributed by atoms with Crippen LogP contribution in [0.25, 0.3) is 0 Å². The molecular formula is C11H15NO3. The van der Waals surface area contributed by atoms with Crippen LogP contribution in [0.5, 0.6) is 0 Å². The summed E-state index contributed by atoms with van der Waals surface area (Å²) in [5, 5.41) is 3.71. The molecule has 82 valence electrons. The Labute approximate surface area is 89.6 Å². The highest BCUT2D eigenvalue weighted by atomic mass is 16.6. The van der Waals surface area contributed by atoms with Crippen LogP contribution in [0.4, 0.5) is 0 Å². The van der Waals surface area contributed by atoms with E-state index in [0.717, 1.165) is 0 Å². The van der Waals surface area contributed by atoms with Crippen LogP contribution >= 0.6 is 0 Å². The van der Waals surface area contributed by atoms with Crippen molar-refractivity contribution in [3.63, 3.8) is 0 Å². The number of rotatable bonds is 4. The van der Waals surface area contributed by atoms with Crippen LogP contribution in [0.1, 0.15) is 13.8 Å². The van der Waals surface area contributed by atoms with E-state index in [2.05, 4.69) is 11.1 Å². The normalized spacial score (nSPS) is 27.1. The van der Waals surface area contributed by atoms with Crippen molar-refractivity contribution in [2.75, 3.05) is 13.7 Å². The molecule has 0 amide bonds. The van der Waals surface area contributed by atoms with Crippen molar-refractivity contribution >= 4 is 12.2 Å². The maximum atomic E-state index is 11.3. The Hall–Kier alpha value is -1.50. The molecule has 1 aliphatic carbocycles. The molecule has 0 aliphatic heterocycles. The van der Waals surface area contributed by atoms with E-state index in [1.807, 2.05) is 13.8 Å². The van der Waals surface area contributed by atoms with Crippen LogP contribution in [0.3, 0.4) is 0 Å². The van der Waals surface area contributed by atoms with Gasteiger partial charge in [-0.25, -0.2) is 0 Å². The van der Waals surface area contributed by atoms with Gasteiger partial charge in [0.1, 0.15) is 0 Å². The molecule has 15 heavy (non-hydrogen) atoms. The molecule has 1 fully saturated rings. The van der Waals surface area contributed by atoms with E-state index in [9.17, 15) is 4.79 Å². The number of nitrogens with zero attached hydrogens (tertiary/aromatic N) is 1. The number of terminal acetylenes is 1. The SMILES string of the molecule is C#CCON=CC1C(C(=O)OC)C1(C)C. The number of hydrogen-bond acceptors (Lipinski definition) is 4. The van der Waals surface area contributed by atoms with Crippen molar-refractivity contribution in [3.8, 4) is 12.3 Å². The van der Waals surface area contributed by atoms with Gasteiger partial charge < -0.3 is 9.57 Å². The summed E-state index contributed by atoms with van der Waals surface area (Å²) in [6.45, 7) is 4.13. The first-order chi connectivity index (χ1) is 7.05. The van der Waals surface area contributed by atoms with E-state index in [0.29, 0.717) is 0 Å². The topological polar surface area (TPSA) is 47.9 Å². The number of ether oxygens (including phenoxy) is 1. The lowest BCUT2D eigenvalue weighted by Crippen LogP contribution is -2.07. The molecule has 1 rings (SSSR count). The fraction of sp³-hybridized carbons (Fsp3) is 0.636. The molecular weight excluding hydrogens is 194 g/mol. The highest BCUT2D eigenvalue weighted by Crippen LogP contribution is 2.57. The van der Waals surface area contributed by atoms with Gasteiger partial charge in [0.05, 0.1) is 13.0 Å². The minimum atomic E-state index is -0.201. The number of carbonyl (C=O) groups is 1. The monoisotopic (exact) mass is 209 g/mol. The molecule has 1 aliphatic rings. The smallest absolute Gasteiger partial charge is 0.309 e. The molecule has 0 aromatic heterocycles. The van der Waals surface area contributed by atoms with Gasteiger partial charge in [-0.1, -0.05) is 24.9 Å². The molecule has 4 nitrogen and oxygen atoms in total. The lowest BCUT2D eigenvalue weighted by Gasteiger charge is -1.98. The van der Waals surface area contributed by atoms with Crippen LogP contribution in [-0.2, 0) is 14.4 Å². The van der Waals surface area contributed by atoms with Crippen LogP contribution in [0.2, 0.25) is 0 Å². The van der Waals surface area contributed by atoms with Gasteiger partial charge in [0.25, 0.3) is 0 Å². The maximum absolute atomic E-state index is 11.3. The molecule has 0 aromatic rings. The second kappa shape index (κ2) is 4.35. The lowest BCUT2D eigenvalue weighted by atomic mass is 10.1. The van der Waals surface area contributed by atoms with Crippen LogP contribution in [0, 0.1) is 29.6 Å². The second-order valence-corrected chi connectivity index (χ2v) is 4.08. The third kappa shape index (κ3) is 2.30. The fourth-order valence-electron chi connectivity index (χ4n) is 1.72. The maximum Gasteiger partial charge on any atom is 0.309 e. The molecule has 0 radical (unpaired) electrons. The molecule has 1 saturated carbocycles. The molecule has 0 N–H and O–H groups in total. The summed E-state index contributed by atoms with van der Waals surface area (Å²) in [6, 6.07) is 0. The summed E-state index contributed by atoms with van der Waals surface area (Å²) in [6.07, 6.45) is 6.61. The summed E-state index contributed by atoms with van der Waals surface area (Å²) in [4.78, 5) is 16.1. The van der Waals surface area contributed by atoms with E-state index in [1.54, 1.807) is 6.21 Å². The first kappa shape index (κ1) is 11.6. The Morgan fingerprint density at radius 3 is 2.87 bits per heavy atom. The van der Waals surface area contributed by atoms with E-state index < -0.39 is 0 Å². The Bertz CT molecular complexity index is 314. The van der Waals surface area contributed by atoms with Crippen LogP contribution < -0.4 is 0 Å². The lowest BCUT2D eigenvalue weighted by molar-refractivity contribution is -0.143. The number of esters is 1. The summed E-state index contributed by atoms with van der Waals surface area (Å²) in [5.74, 6) is 2.05. The number of oxime groups is 1. The van der Waals surface area contributed by atoms with Crippen LogP contribution in [0.15, 0.2) is 5.16 Å². The average Bonchev–Trinajstić information content (AvgIpc) is 2.74. The van der Waals surface area contributed by atoms with Gasteiger partial charge in [0.2, 0.25) is 0 Å². The van der Waals surface area contributed by atoms with Gasteiger partial charge in [0.15, 0.2) is 6.61 Å². The average molecular weight is 209 g/mol. The van der Waals surface area contributed by atoms with Crippen molar-refractivity contribution < 1.29 is 14.4 Å². The molecule has 0 heterocycles. The Balaban J connectivity index is 2.48. The highest BCUT2D eigenvalue weighted by Gasteiger charge is 2.62. The van der Waals surface area contributed by atoms with E-state index >= 15 is 0 Å². The zero-order valence-electron chi connectivity index (χ0n) is 9.19. The van der Waals surface area contributed by atoms with Crippen molar-refractivity contribution in [1.29, 1.82) is 0 Å². The van der Waals surface area contributed by atoms with Crippen molar-refractivity contribution in [2.45, 2.75) is 13.8 Å². The highest BCUT2D eigenvalue weighted by molar-refractivity contribution is 5.85. The molecule has 0 aromatic carbocycles. The zero-order valence-corrected chi connectivity index (χ0v) is 9.19. The first-order valence-corrected chi connectivity index (χ1v) is 4.72. The van der Waals surface area contributed by atoms with Crippen LogP contribution in [-0.4, -0.2) is 25.9 Å². The Morgan fingerprint density at radius 1 is 1.67 bits per heavy atom. The van der Waals surface area contributed by atoms with Gasteiger partial charge in [-0.05, 0) is 5.41 Å². The third-order valence-electron chi connectivity index (χ3n) is 2.81. The summed E-state index contributed by atoms with van der Waals surface area (Å²) < 4.78 is 4.69. The Morgan fingerprint density at radius 2 is 2.33 bits per heavy atom. The fourth-order valence-corrected chi connectivity index (χ4v) is 1.72. The molecule has 0 bridgehead atoms. The van der Waals surface area contributed by atoms with Gasteiger partial charge in [-0.3, -0.25) is 4.79 Å². The van der Waals surface area contributed by atoms with Crippen molar-refractivity contribution in [2.24, 2.45) is 22.4 Å². The standard InChI is InChI=1S/C11H15NO3/c1-5-6-15-12-7-8-9(10(13)14-4)11(8,2)3/h1,7-9H,6H2,2-4H3. The molecule has 4 heteroatoms. The summed E-state index contributed by atoms with van der Waals surface area (Å²) in [7, 11) is 1.39. The van der Waals surface area contributed by atoms with Gasteiger partial charge in [-0.2, -0.15) is 0 Å². The quantitative estimate of drug-likeness (QED) is 0.229. The molecule has 0 saturated heterocycles. The zero-order chi connectivity index (χ0) is 11.5. The summed E-state index contributed by atoms with van der Waals surface area (Å²) >= 11 is 0. The Kier molecular flexibility index (Phi) is 3.35. The van der Waals surface area contributed by atoms with Gasteiger partial charge >= 0.3 is 5.97 Å². The van der Waals surface area contributed by atoms with Gasteiger partial charge in [-0.15, -0.1) is 6.42 Å². The van der Waals surface area contributed by atoms with E-state index in [4.69, 9.17) is 16.0 Å². The molecule has 0 spiro atoms. The van der Waals surface area contributed by atoms with Gasteiger partial charge in [0, 0.05) is 12.1 Å². The van der Waals surface area contributed by atoms with Crippen molar-refractivity contribution in [3.05, 3.63) is 0 Å². The summed E-state index contributed by atoms with van der Waals surface area (Å²) in [5.41, 5.74) is -0.101. The number of hydrogen-bond donors (Lipinski definition) is 0. The third-order valence-corrected chi connectivity index (χ3v) is 2.81. The number of carbonyl (C=O) groups excluding carboxylic acids is 1. The van der Waals surface area contributed by atoms with E-state index in [-0.39, 0.29) is 29.8 Å². The van der Waals surface area contributed by atoms with E-state index in [1.165, 1.54) is 7.11 Å². The molecule has 2 atom stereocenters. The second-order valence-electron chi connectivity index (χ2n) is 4.08. The largest absolute Gasteiger partial charge is 0.469 e. The minimum absolute atomic E-state index is 0.0720. The van der Waals surface area contributed by atoms with Crippen molar-refractivity contribution in [1.82, 2.24) is 0 Å². The predicted octanol–water partition coefficient (Wildman–Crippen LogP) is 1.07.